The maximum atomic E-state index is 2.44. The van der Waals surface area contributed by atoms with Crippen LogP contribution in [0.25, 0.3) is 72.0 Å². The lowest BCUT2D eigenvalue weighted by molar-refractivity contribution is 0.633. The van der Waals surface area contributed by atoms with E-state index in [4.69, 9.17) is 0 Å². The summed E-state index contributed by atoms with van der Waals surface area (Å²) in [7, 11) is 0. The smallest absolute Gasteiger partial charge is 0.0726 e. The maximum Gasteiger partial charge on any atom is 0.0726 e. The van der Waals surface area contributed by atoms with Crippen molar-refractivity contribution in [2.75, 3.05) is 0 Å². The Labute approximate surface area is 366 Å². The van der Waals surface area contributed by atoms with Gasteiger partial charge in [0.1, 0.15) is 0 Å². The highest BCUT2D eigenvalue weighted by atomic mass is 15.0. The van der Waals surface area contributed by atoms with Gasteiger partial charge in [-0.2, -0.15) is 0 Å². The van der Waals surface area contributed by atoms with Gasteiger partial charge in [0.25, 0.3) is 0 Å². The predicted octanol–water partition coefficient (Wildman–Crippen LogP) is 15.2. The number of nitrogens with zero attached hydrogens (tertiary/aromatic N) is 1. The van der Waals surface area contributed by atoms with Crippen molar-refractivity contribution in [3.8, 4) is 50.2 Å². The molecule has 3 aliphatic carbocycles. The molecule has 0 atom stereocenters. The van der Waals surface area contributed by atoms with Crippen molar-refractivity contribution < 1.29 is 0 Å². The SMILES string of the molecule is c1ccc(-n2c3ccccc3c3cc(-c4ccc(-c5cccc6c5C5(c7ccccc7-6)c6ccccc6C6(c7ccccc7-c7ccccc76)c6ccccc65)cc4)ccc32)cc1. The standard InChI is InChI=1S/C62H39N/c1-2-17-43(18-3-1)63-58-32-15-7-22-48(58)50-39-42(37-38-59(50)63)40-33-35-41(36-34-40)44-23-16-24-49-47-21-6-10-27-53(47)62(60(44)49)56-30-13-11-28-54(56)61(55-29-12-14-31-57(55)62)51-25-8-4-19-45(51)46-20-5-9-26-52(46)61/h1-39H. The Morgan fingerprint density at radius 1 is 0.254 bits per heavy atom. The number of para-hydroxylation sites is 2. The second kappa shape index (κ2) is 12.8. The molecule has 1 heterocycles. The molecule has 0 fully saturated rings. The van der Waals surface area contributed by atoms with Crippen LogP contribution in [0.3, 0.4) is 0 Å². The third-order valence-corrected chi connectivity index (χ3v) is 14.7. The van der Waals surface area contributed by atoms with Gasteiger partial charge in [-0.1, -0.05) is 206 Å². The summed E-state index contributed by atoms with van der Waals surface area (Å²) in [5.41, 5.74) is 23.6. The molecule has 0 saturated carbocycles. The molecule has 0 saturated heterocycles. The molecule has 3 aliphatic rings. The zero-order valence-electron chi connectivity index (χ0n) is 34.5. The summed E-state index contributed by atoms with van der Waals surface area (Å²) in [6.45, 7) is 0. The fourth-order valence-electron chi connectivity index (χ4n) is 12.4. The van der Waals surface area contributed by atoms with Crippen molar-refractivity contribution in [1.82, 2.24) is 4.57 Å². The van der Waals surface area contributed by atoms with Crippen LogP contribution in [0.15, 0.2) is 237 Å². The largest absolute Gasteiger partial charge is 0.309 e. The second-order valence-electron chi connectivity index (χ2n) is 17.5. The molecule has 10 aromatic carbocycles. The Kier molecular flexibility index (Phi) is 7.03. The van der Waals surface area contributed by atoms with Crippen molar-refractivity contribution in [1.29, 1.82) is 0 Å². The van der Waals surface area contributed by atoms with Gasteiger partial charge in [-0.25, -0.2) is 0 Å². The Hall–Kier alpha value is -8.00. The highest BCUT2D eigenvalue weighted by Gasteiger charge is 2.59. The van der Waals surface area contributed by atoms with Crippen LogP contribution >= 0.6 is 0 Å². The van der Waals surface area contributed by atoms with Gasteiger partial charge in [0.15, 0.2) is 0 Å². The molecule has 1 nitrogen and oxygen atoms in total. The van der Waals surface area contributed by atoms with Crippen LogP contribution < -0.4 is 0 Å². The van der Waals surface area contributed by atoms with E-state index in [2.05, 4.69) is 241 Å². The summed E-state index contributed by atoms with van der Waals surface area (Å²) in [6, 6.07) is 89.0. The van der Waals surface area contributed by atoms with Gasteiger partial charge >= 0.3 is 0 Å². The fourth-order valence-corrected chi connectivity index (χ4v) is 12.4. The maximum absolute atomic E-state index is 2.44. The van der Waals surface area contributed by atoms with Crippen LogP contribution in [0, 0.1) is 0 Å². The first-order chi connectivity index (χ1) is 31.3. The molecule has 14 rings (SSSR count). The minimum absolute atomic E-state index is 0.464. The first kappa shape index (κ1) is 34.7. The fraction of sp³-hybridized carbons (Fsp3) is 0.0323. The first-order valence-electron chi connectivity index (χ1n) is 22.1. The third kappa shape index (κ3) is 4.36. The average Bonchev–Trinajstić information content (AvgIpc) is 3.97. The lowest BCUT2D eigenvalue weighted by Crippen LogP contribution is -2.44. The summed E-state index contributed by atoms with van der Waals surface area (Å²) in [6.07, 6.45) is 0. The summed E-state index contributed by atoms with van der Waals surface area (Å²) in [4.78, 5) is 0. The monoisotopic (exact) mass is 797 g/mol. The Morgan fingerprint density at radius 3 is 1.32 bits per heavy atom. The van der Waals surface area contributed by atoms with Crippen LogP contribution in [-0.4, -0.2) is 4.57 Å². The van der Waals surface area contributed by atoms with Crippen LogP contribution in [0.1, 0.15) is 44.5 Å². The van der Waals surface area contributed by atoms with E-state index < -0.39 is 10.8 Å². The molecule has 0 amide bonds. The summed E-state index contributed by atoms with van der Waals surface area (Å²) in [5, 5.41) is 2.52. The first-order valence-corrected chi connectivity index (χ1v) is 22.1. The minimum atomic E-state index is -0.551. The molecule has 0 unspecified atom stereocenters. The van der Waals surface area contributed by atoms with Crippen LogP contribution in [0.5, 0.6) is 0 Å². The molecule has 0 N–H and O–H groups in total. The Bertz CT molecular complexity index is 3580. The quantitative estimate of drug-likeness (QED) is 0.168. The number of benzene rings is 10. The molecular weight excluding hydrogens is 759 g/mol. The van der Waals surface area contributed by atoms with Gasteiger partial charge in [-0.15, -0.1) is 0 Å². The second-order valence-corrected chi connectivity index (χ2v) is 17.5. The highest BCUT2D eigenvalue weighted by molar-refractivity contribution is 6.10. The molecule has 63 heavy (non-hydrogen) atoms. The topological polar surface area (TPSA) is 4.93 Å². The van der Waals surface area contributed by atoms with Gasteiger partial charge in [0.2, 0.25) is 0 Å². The van der Waals surface area contributed by atoms with Gasteiger partial charge < -0.3 is 4.57 Å². The molecule has 0 aliphatic heterocycles. The van der Waals surface area contributed by atoms with E-state index in [0.29, 0.717) is 0 Å². The van der Waals surface area contributed by atoms with Gasteiger partial charge in [-0.3, -0.25) is 0 Å². The molecule has 1 aromatic heterocycles. The van der Waals surface area contributed by atoms with Gasteiger partial charge in [0, 0.05) is 16.5 Å². The number of rotatable bonds is 3. The van der Waals surface area contributed by atoms with Crippen LogP contribution in [0.2, 0.25) is 0 Å². The third-order valence-electron chi connectivity index (χ3n) is 14.7. The van der Waals surface area contributed by atoms with Crippen molar-refractivity contribution in [2.24, 2.45) is 0 Å². The summed E-state index contributed by atoms with van der Waals surface area (Å²) >= 11 is 0. The van der Waals surface area contributed by atoms with E-state index in [9.17, 15) is 0 Å². The van der Waals surface area contributed by atoms with E-state index in [0.717, 1.165) is 0 Å². The summed E-state index contributed by atoms with van der Waals surface area (Å²) < 4.78 is 2.38. The molecule has 0 bridgehead atoms. The molecular formula is C62H39N. The van der Waals surface area contributed by atoms with Crippen molar-refractivity contribution in [3.05, 3.63) is 281 Å². The lowest BCUT2D eigenvalue weighted by atomic mass is 9.52. The lowest BCUT2D eigenvalue weighted by Gasteiger charge is -2.49. The number of fused-ring (bicyclic) bond motifs is 19. The number of aromatic nitrogens is 1. The number of hydrogen-bond donors (Lipinski definition) is 0. The normalized spacial score (nSPS) is 14.3. The average molecular weight is 798 g/mol. The highest BCUT2D eigenvalue weighted by Crippen LogP contribution is 2.68. The van der Waals surface area contributed by atoms with E-state index in [1.807, 2.05) is 0 Å². The van der Waals surface area contributed by atoms with E-state index >= 15 is 0 Å². The predicted molar refractivity (Wildman–Crippen MR) is 260 cm³/mol. The van der Waals surface area contributed by atoms with Crippen molar-refractivity contribution in [2.45, 2.75) is 10.8 Å². The van der Waals surface area contributed by atoms with E-state index in [1.54, 1.807) is 0 Å². The van der Waals surface area contributed by atoms with Gasteiger partial charge in [-0.05, 0) is 119 Å². The molecule has 11 aromatic rings. The Morgan fingerprint density at radius 2 is 0.683 bits per heavy atom. The van der Waals surface area contributed by atoms with E-state index in [-0.39, 0.29) is 0 Å². The number of hydrogen-bond acceptors (Lipinski definition) is 0. The Balaban J connectivity index is 0.986. The molecule has 0 radical (unpaired) electrons. The van der Waals surface area contributed by atoms with Crippen molar-refractivity contribution in [3.63, 3.8) is 0 Å². The zero-order valence-corrected chi connectivity index (χ0v) is 34.5. The minimum Gasteiger partial charge on any atom is -0.309 e. The molecule has 1 heteroatoms. The van der Waals surface area contributed by atoms with Crippen molar-refractivity contribution >= 4 is 21.8 Å². The molecule has 2 spiro atoms. The summed E-state index contributed by atoms with van der Waals surface area (Å²) in [5.74, 6) is 0. The van der Waals surface area contributed by atoms with Crippen LogP contribution in [0.4, 0.5) is 0 Å². The zero-order chi connectivity index (χ0) is 41.3. The molecule has 292 valence electrons. The van der Waals surface area contributed by atoms with Gasteiger partial charge in [0.05, 0.1) is 21.9 Å². The van der Waals surface area contributed by atoms with Crippen LogP contribution in [-0.2, 0) is 10.8 Å². The van der Waals surface area contributed by atoms with E-state index in [1.165, 1.54) is 117 Å².